The predicted octanol–water partition coefficient (Wildman–Crippen LogP) is 8.26. The van der Waals surface area contributed by atoms with Crippen LogP contribution in [0.3, 0.4) is 0 Å². The standard InChI is InChI=1S/C31H26Cl3NO5/c1-37-31(36)22-14-17(13-20-11-12-38-29(20)22)5-6-18-9-10-21(15-26(18)34)39-16-23-28(35-40-30(23)19-7-8-19)27-24(32)3-2-4-25(27)33/h2-4,9-10,13-15,19H,5-8,11-12,16H2,1H3. The van der Waals surface area contributed by atoms with Crippen molar-refractivity contribution in [1.29, 1.82) is 0 Å². The Balaban J connectivity index is 1.18. The van der Waals surface area contributed by atoms with Crippen molar-refractivity contribution in [3.05, 3.63) is 97.2 Å². The van der Waals surface area contributed by atoms with Crippen molar-refractivity contribution >= 4 is 40.8 Å². The van der Waals surface area contributed by atoms with Gasteiger partial charge in [0.1, 0.15) is 35.1 Å². The Hall–Kier alpha value is -3.19. The molecule has 0 radical (unpaired) electrons. The highest BCUT2D eigenvalue weighted by Gasteiger charge is 2.33. The number of rotatable bonds is 9. The van der Waals surface area contributed by atoms with Gasteiger partial charge in [0.25, 0.3) is 0 Å². The van der Waals surface area contributed by atoms with Gasteiger partial charge in [-0.3, -0.25) is 0 Å². The summed E-state index contributed by atoms with van der Waals surface area (Å²) in [6.45, 7) is 0.815. The number of hydrogen-bond donors (Lipinski definition) is 0. The number of aromatic nitrogens is 1. The Morgan fingerprint density at radius 3 is 2.55 bits per heavy atom. The quantitative estimate of drug-likeness (QED) is 0.181. The van der Waals surface area contributed by atoms with Crippen LogP contribution in [-0.4, -0.2) is 24.8 Å². The summed E-state index contributed by atoms with van der Waals surface area (Å²) in [6, 6.07) is 15.0. The molecule has 1 aliphatic heterocycles. The number of benzene rings is 3. The van der Waals surface area contributed by atoms with Gasteiger partial charge >= 0.3 is 5.97 Å². The van der Waals surface area contributed by atoms with Crippen LogP contribution < -0.4 is 9.47 Å². The first-order valence-electron chi connectivity index (χ1n) is 13.1. The third-order valence-corrected chi connectivity index (χ3v) is 8.29. The van der Waals surface area contributed by atoms with Crippen LogP contribution in [0.15, 0.2) is 53.1 Å². The van der Waals surface area contributed by atoms with Gasteiger partial charge in [0.05, 0.1) is 29.3 Å². The van der Waals surface area contributed by atoms with Gasteiger partial charge in [0.2, 0.25) is 0 Å². The third kappa shape index (κ3) is 5.40. The first-order chi connectivity index (χ1) is 19.4. The van der Waals surface area contributed by atoms with Crippen LogP contribution in [0, 0.1) is 0 Å². The minimum atomic E-state index is -0.392. The Bertz CT molecular complexity index is 1570. The third-order valence-electron chi connectivity index (χ3n) is 7.31. The Morgan fingerprint density at radius 2 is 1.82 bits per heavy atom. The van der Waals surface area contributed by atoms with E-state index in [1.807, 2.05) is 24.3 Å². The van der Waals surface area contributed by atoms with Crippen LogP contribution >= 0.6 is 34.8 Å². The molecule has 4 aromatic rings. The van der Waals surface area contributed by atoms with Gasteiger partial charge in [-0.1, -0.05) is 58.2 Å². The van der Waals surface area contributed by atoms with E-state index in [0.29, 0.717) is 68.8 Å². The fourth-order valence-corrected chi connectivity index (χ4v) is 5.92. The van der Waals surface area contributed by atoms with Crippen LogP contribution in [-0.2, 0) is 30.6 Å². The van der Waals surface area contributed by atoms with Crippen molar-refractivity contribution in [1.82, 2.24) is 5.16 Å². The monoisotopic (exact) mass is 597 g/mol. The highest BCUT2D eigenvalue weighted by molar-refractivity contribution is 6.39. The largest absolute Gasteiger partial charge is 0.492 e. The van der Waals surface area contributed by atoms with E-state index in [9.17, 15) is 4.79 Å². The van der Waals surface area contributed by atoms with Crippen molar-refractivity contribution in [3.63, 3.8) is 0 Å². The molecule has 0 unspecified atom stereocenters. The molecule has 0 saturated heterocycles. The highest BCUT2D eigenvalue weighted by Crippen LogP contribution is 2.46. The molecule has 2 heterocycles. The molecule has 1 aromatic heterocycles. The fraction of sp³-hybridized carbons (Fsp3) is 0.290. The molecule has 0 bridgehead atoms. The zero-order chi connectivity index (χ0) is 27.8. The number of ether oxygens (including phenoxy) is 3. The highest BCUT2D eigenvalue weighted by atomic mass is 35.5. The Morgan fingerprint density at radius 1 is 1.02 bits per heavy atom. The lowest BCUT2D eigenvalue weighted by Crippen LogP contribution is -2.05. The SMILES string of the molecule is COC(=O)c1cc(CCc2ccc(OCc3c(-c4c(Cl)cccc4Cl)noc3C3CC3)cc2Cl)cc2c1OCC2. The lowest BCUT2D eigenvalue weighted by molar-refractivity contribution is 0.0597. The second-order valence-electron chi connectivity index (χ2n) is 10.0. The van der Waals surface area contributed by atoms with Crippen molar-refractivity contribution in [2.24, 2.45) is 0 Å². The Labute approximate surface area is 247 Å². The minimum Gasteiger partial charge on any atom is -0.492 e. The number of aryl methyl sites for hydroxylation is 2. The first kappa shape index (κ1) is 27.0. The number of methoxy groups -OCH3 is 1. The van der Waals surface area contributed by atoms with Gasteiger partial charge < -0.3 is 18.7 Å². The normalized spacial score (nSPS) is 14.1. The van der Waals surface area contributed by atoms with Gasteiger partial charge in [0.15, 0.2) is 0 Å². The van der Waals surface area contributed by atoms with Crippen LogP contribution in [0.4, 0.5) is 0 Å². The average molecular weight is 599 g/mol. The molecule has 0 atom stereocenters. The van der Waals surface area contributed by atoms with E-state index in [1.165, 1.54) is 7.11 Å². The van der Waals surface area contributed by atoms with Crippen LogP contribution in [0.5, 0.6) is 11.5 Å². The molecular formula is C31H26Cl3NO5. The molecule has 0 spiro atoms. The summed E-state index contributed by atoms with van der Waals surface area (Å²) < 4.78 is 22.5. The molecule has 1 fully saturated rings. The summed E-state index contributed by atoms with van der Waals surface area (Å²) in [7, 11) is 1.38. The van der Waals surface area contributed by atoms with Crippen LogP contribution in [0.1, 0.15) is 57.1 Å². The molecule has 206 valence electrons. The molecular weight excluding hydrogens is 573 g/mol. The lowest BCUT2D eigenvalue weighted by Gasteiger charge is -2.12. The van der Waals surface area contributed by atoms with E-state index in [-0.39, 0.29) is 6.61 Å². The van der Waals surface area contributed by atoms with Crippen molar-refractivity contribution < 1.29 is 23.5 Å². The fourth-order valence-electron chi connectivity index (χ4n) is 5.08. The van der Waals surface area contributed by atoms with Gasteiger partial charge in [-0.15, -0.1) is 0 Å². The van der Waals surface area contributed by atoms with E-state index in [0.717, 1.165) is 47.3 Å². The molecule has 2 aliphatic rings. The molecule has 0 N–H and O–H groups in total. The van der Waals surface area contributed by atoms with Crippen LogP contribution in [0.2, 0.25) is 15.1 Å². The van der Waals surface area contributed by atoms with Gasteiger partial charge in [-0.2, -0.15) is 0 Å². The zero-order valence-corrected chi connectivity index (χ0v) is 24.0. The molecule has 6 rings (SSSR count). The smallest absolute Gasteiger partial charge is 0.341 e. The molecule has 3 aromatic carbocycles. The van der Waals surface area contributed by atoms with E-state index in [2.05, 4.69) is 11.2 Å². The summed E-state index contributed by atoms with van der Waals surface area (Å²) in [5.74, 6) is 2.03. The molecule has 9 heteroatoms. The summed E-state index contributed by atoms with van der Waals surface area (Å²) in [5, 5.41) is 5.94. The number of carbonyl (C=O) groups excluding carboxylic acids is 1. The number of esters is 1. The number of fused-ring (bicyclic) bond motifs is 1. The summed E-state index contributed by atoms with van der Waals surface area (Å²) in [6.07, 6.45) is 4.29. The molecule has 1 aliphatic carbocycles. The van der Waals surface area contributed by atoms with E-state index >= 15 is 0 Å². The Kier molecular flexibility index (Phi) is 7.67. The van der Waals surface area contributed by atoms with E-state index in [1.54, 1.807) is 18.2 Å². The summed E-state index contributed by atoms with van der Waals surface area (Å²) >= 11 is 19.6. The maximum absolute atomic E-state index is 12.3. The molecule has 0 amide bonds. The first-order valence-corrected chi connectivity index (χ1v) is 14.3. The zero-order valence-electron chi connectivity index (χ0n) is 21.8. The summed E-state index contributed by atoms with van der Waals surface area (Å²) in [5.41, 5.74) is 5.61. The number of carbonyl (C=O) groups is 1. The van der Waals surface area contributed by atoms with Gasteiger partial charge in [-0.05, 0) is 72.7 Å². The van der Waals surface area contributed by atoms with Crippen molar-refractivity contribution in [2.75, 3.05) is 13.7 Å². The van der Waals surface area contributed by atoms with Gasteiger partial charge in [0, 0.05) is 22.9 Å². The maximum atomic E-state index is 12.3. The summed E-state index contributed by atoms with van der Waals surface area (Å²) in [4.78, 5) is 12.3. The number of hydrogen-bond acceptors (Lipinski definition) is 6. The molecule has 6 nitrogen and oxygen atoms in total. The van der Waals surface area contributed by atoms with Crippen LogP contribution in [0.25, 0.3) is 11.3 Å². The van der Waals surface area contributed by atoms with Crippen molar-refractivity contribution in [2.45, 2.75) is 44.6 Å². The minimum absolute atomic E-state index is 0.245. The number of halogens is 3. The van der Waals surface area contributed by atoms with E-state index in [4.69, 9.17) is 53.5 Å². The maximum Gasteiger partial charge on any atom is 0.341 e. The topological polar surface area (TPSA) is 70.8 Å². The second kappa shape index (κ2) is 11.4. The lowest BCUT2D eigenvalue weighted by atomic mass is 9.98. The van der Waals surface area contributed by atoms with E-state index < -0.39 is 5.97 Å². The average Bonchev–Trinajstić information content (AvgIpc) is 3.53. The molecule has 40 heavy (non-hydrogen) atoms. The van der Waals surface area contributed by atoms with Crippen molar-refractivity contribution in [3.8, 4) is 22.8 Å². The molecule has 1 saturated carbocycles. The second-order valence-corrected chi connectivity index (χ2v) is 11.2. The van der Waals surface area contributed by atoms with Gasteiger partial charge in [-0.25, -0.2) is 4.79 Å². The predicted molar refractivity (Wildman–Crippen MR) is 154 cm³/mol. The number of nitrogens with zero attached hydrogens (tertiary/aromatic N) is 1.